The molecule has 3 atom stereocenters. The average molecular weight is 188 g/mol. The lowest BCUT2D eigenvalue weighted by molar-refractivity contribution is -0.103. The van der Waals surface area contributed by atoms with Crippen molar-refractivity contribution in [3.8, 4) is 0 Å². The summed E-state index contributed by atoms with van der Waals surface area (Å²) in [5.74, 6) is 0. The van der Waals surface area contributed by atoms with Gasteiger partial charge in [-0.3, -0.25) is 4.90 Å². The van der Waals surface area contributed by atoms with E-state index in [1.165, 1.54) is 0 Å². The van der Waals surface area contributed by atoms with Gasteiger partial charge in [-0.15, -0.1) is 0 Å². The number of aliphatic hydroxyl groups is 1. The Hall–Kier alpha value is -0.160. The number of aliphatic hydroxyl groups excluding tert-OH is 1. The number of ether oxygens (including phenoxy) is 1. The lowest BCUT2D eigenvalue weighted by Gasteiger charge is -2.39. The Balaban J connectivity index is 2.46. The summed E-state index contributed by atoms with van der Waals surface area (Å²) >= 11 is 0. The highest BCUT2D eigenvalue weighted by Gasteiger charge is 2.26. The third kappa shape index (κ3) is 2.91. The Morgan fingerprint density at radius 3 is 2.85 bits per heavy atom. The maximum absolute atomic E-state index is 9.00. The topological polar surface area (TPSA) is 58.7 Å². The first-order chi connectivity index (χ1) is 6.17. The molecule has 0 spiro atoms. The van der Waals surface area contributed by atoms with Crippen molar-refractivity contribution >= 4 is 0 Å². The van der Waals surface area contributed by atoms with Crippen LogP contribution >= 0.6 is 0 Å². The van der Waals surface area contributed by atoms with Crippen LogP contribution in [0.2, 0.25) is 0 Å². The Morgan fingerprint density at radius 1 is 1.62 bits per heavy atom. The van der Waals surface area contributed by atoms with Gasteiger partial charge in [-0.1, -0.05) is 0 Å². The molecule has 0 aromatic heterocycles. The van der Waals surface area contributed by atoms with E-state index in [0.29, 0.717) is 12.6 Å². The second-order valence-electron chi connectivity index (χ2n) is 3.79. The van der Waals surface area contributed by atoms with Crippen LogP contribution in [0.3, 0.4) is 0 Å². The lowest BCUT2D eigenvalue weighted by atomic mass is 10.1. The number of nitrogens with zero attached hydrogens (tertiary/aromatic N) is 1. The van der Waals surface area contributed by atoms with Crippen molar-refractivity contribution < 1.29 is 9.84 Å². The van der Waals surface area contributed by atoms with Gasteiger partial charge in [-0.2, -0.15) is 0 Å². The summed E-state index contributed by atoms with van der Waals surface area (Å²) in [5.41, 5.74) is 5.59. The number of rotatable bonds is 3. The molecule has 4 heteroatoms. The summed E-state index contributed by atoms with van der Waals surface area (Å²) in [4.78, 5) is 2.27. The Morgan fingerprint density at radius 2 is 2.31 bits per heavy atom. The van der Waals surface area contributed by atoms with E-state index < -0.39 is 0 Å². The van der Waals surface area contributed by atoms with E-state index in [1.807, 2.05) is 6.92 Å². The fraction of sp³-hybridized carbons (Fsp3) is 1.00. The van der Waals surface area contributed by atoms with E-state index in [1.54, 1.807) is 0 Å². The second-order valence-corrected chi connectivity index (χ2v) is 3.79. The Labute approximate surface area is 79.7 Å². The predicted molar refractivity (Wildman–Crippen MR) is 51.5 cm³/mol. The molecule has 0 aliphatic carbocycles. The van der Waals surface area contributed by atoms with Crippen molar-refractivity contribution in [2.75, 3.05) is 26.2 Å². The van der Waals surface area contributed by atoms with Crippen LogP contribution in [0.4, 0.5) is 0 Å². The fourth-order valence-electron chi connectivity index (χ4n) is 1.69. The third-order valence-electron chi connectivity index (χ3n) is 2.52. The van der Waals surface area contributed by atoms with Crippen molar-refractivity contribution in [2.24, 2.45) is 5.73 Å². The smallest absolute Gasteiger partial charge is 0.0936 e. The highest BCUT2D eigenvalue weighted by atomic mass is 16.5. The summed E-state index contributed by atoms with van der Waals surface area (Å²) in [6.45, 7) is 6.58. The minimum Gasteiger partial charge on any atom is -0.394 e. The van der Waals surface area contributed by atoms with Gasteiger partial charge in [-0.05, 0) is 13.8 Å². The normalized spacial score (nSPS) is 33.2. The highest BCUT2D eigenvalue weighted by molar-refractivity contribution is 4.79. The lowest BCUT2D eigenvalue weighted by Crippen LogP contribution is -2.52. The van der Waals surface area contributed by atoms with Crippen LogP contribution in [-0.4, -0.2) is 54.5 Å². The van der Waals surface area contributed by atoms with Crippen LogP contribution < -0.4 is 5.73 Å². The average Bonchev–Trinajstić information content (AvgIpc) is 2.15. The number of nitrogens with two attached hydrogens (primary N) is 1. The van der Waals surface area contributed by atoms with Gasteiger partial charge in [0.15, 0.2) is 0 Å². The zero-order valence-corrected chi connectivity index (χ0v) is 8.44. The first-order valence-corrected chi connectivity index (χ1v) is 4.87. The molecule has 1 aliphatic rings. The van der Waals surface area contributed by atoms with Crippen LogP contribution in [0, 0.1) is 0 Å². The number of morpholine rings is 1. The molecule has 1 rings (SSSR count). The van der Waals surface area contributed by atoms with Crippen LogP contribution in [0.5, 0.6) is 0 Å². The molecular weight excluding hydrogens is 168 g/mol. The van der Waals surface area contributed by atoms with E-state index in [2.05, 4.69) is 11.8 Å². The van der Waals surface area contributed by atoms with Crippen LogP contribution in [0.1, 0.15) is 13.8 Å². The molecule has 78 valence electrons. The molecule has 0 amide bonds. The van der Waals surface area contributed by atoms with Crippen molar-refractivity contribution in [1.82, 2.24) is 4.90 Å². The zero-order chi connectivity index (χ0) is 9.84. The standard InChI is InChI=1S/C9H20N2O2/c1-7(3-10)11-4-8(2)13-9(5-11)6-12/h7-9,12H,3-6,10H2,1-2H3. The summed E-state index contributed by atoms with van der Waals surface area (Å²) in [7, 11) is 0. The van der Waals surface area contributed by atoms with Crippen molar-refractivity contribution in [3.63, 3.8) is 0 Å². The monoisotopic (exact) mass is 188 g/mol. The van der Waals surface area contributed by atoms with E-state index >= 15 is 0 Å². The summed E-state index contributed by atoms with van der Waals surface area (Å²) < 4.78 is 5.53. The molecule has 3 N–H and O–H groups in total. The molecule has 1 saturated heterocycles. The van der Waals surface area contributed by atoms with Crippen LogP contribution in [0.25, 0.3) is 0 Å². The van der Waals surface area contributed by atoms with Gasteiger partial charge in [0, 0.05) is 25.7 Å². The molecule has 0 bridgehead atoms. The largest absolute Gasteiger partial charge is 0.394 e. The summed E-state index contributed by atoms with van der Waals surface area (Å²) in [6.07, 6.45) is 0.151. The molecule has 13 heavy (non-hydrogen) atoms. The molecule has 0 saturated carbocycles. The summed E-state index contributed by atoms with van der Waals surface area (Å²) in [6, 6.07) is 0.375. The van der Waals surface area contributed by atoms with Gasteiger partial charge in [-0.25, -0.2) is 0 Å². The molecule has 4 nitrogen and oxygen atoms in total. The quantitative estimate of drug-likeness (QED) is 0.622. The maximum atomic E-state index is 9.00. The van der Waals surface area contributed by atoms with Gasteiger partial charge in [0.25, 0.3) is 0 Å². The molecule has 1 aliphatic heterocycles. The molecule has 0 radical (unpaired) electrons. The van der Waals surface area contributed by atoms with Gasteiger partial charge in [0.05, 0.1) is 18.8 Å². The molecule has 1 heterocycles. The van der Waals surface area contributed by atoms with E-state index in [4.69, 9.17) is 15.6 Å². The Bertz CT molecular complexity index is 155. The molecule has 1 fully saturated rings. The minimum absolute atomic E-state index is 0.0438. The maximum Gasteiger partial charge on any atom is 0.0936 e. The molecule has 0 aromatic carbocycles. The highest BCUT2D eigenvalue weighted by Crippen LogP contribution is 2.12. The van der Waals surface area contributed by atoms with Gasteiger partial charge in [0.2, 0.25) is 0 Å². The van der Waals surface area contributed by atoms with Gasteiger partial charge < -0.3 is 15.6 Å². The van der Waals surface area contributed by atoms with Crippen molar-refractivity contribution in [3.05, 3.63) is 0 Å². The fourth-order valence-corrected chi connectivity index (χ4v) is 1.69. The number of hydrogen-bond donors (Lipinski definition) is 2. The van der Waals surface area contributed by atoms with E-state index in [0.717, 1.165) is 13.1 Å². The molecule has 3 unspecified atom stereocenters. The predicted octanol–water partition coefficient (Wildman–Crippen LogP) is -0.585. The second kappa shape index (κ2) is 4.91. The Kier molecular flexibility index (Phi) is 4.12. The minimum atomic E-state index is -0.0438. The first kappa shape index (κ1) is 10.9. The third-order valence-corrected chi connectivity index (χ3v) is 2.52. The summed E-state index contributed by atoms with van der Waals surface area (Å²) in [5, 5.41) is 9.00. The molecular formula is C9H20N2O2. The van der Waals surface area contributed by atoms with E-state index in [9.17, 15) is 0 Å². The van der Waals surface area contributed by atoms with Crippen LogP contribution in [-0.2, 0) is 4.74 Å². The van der Waals surface area contributed by atoms with Gasteiger partial charge >= 0.3 is 0 Å². The van der Waals surface area contributed by atoms with E-state index in [-0.39, 0.29) is 18.8 Å². The van der Waals surface area contributed by atoms with Crippen molar-refractivity contribution in [2.45, 2.75) is 32.1 Å². The number of hydrogen-bond acceptors (Lipinski definition) is 4. The first-order valence-electron chi connectivity index (χ1n) is 4.87. The van der Waals surface area contributed by atoms with Crippen LogP contribution in [0.15, 0.2) is 0 Å². The zero-order valence-electron chi connectivity index (χ0n) is 8.44. The SMILES string of the molecule is CC1CN(C(C)CN)CC(CO)O1. The molecule has 0 aromatic rings. The van der Waals surface area contributed by atoms with Crippen molar-refractivity contribution in [1.29, 1.82) is 0 Å². The van der Waals surface area contributed by atoms with Gasteiger partial charge in [0.1, 0.15) is 0 Å².